The van der Waals surface area contributed by atoms with Crippen LogP contribution in [0.25, 0.3) is 10.8 Å². The Bertz CT molecular complexity index is 1060. The van der Waals surface area contributed by atoms with E-state index in [1.54, 1.807) is 11.3 Å². The number of sulfonamides is 1. The summed E-state index contributed by atoms with van der Waals surface area (Å²) < 4.78 is 46.3. The lowest BCUT2D eigenvalue weighted by atomic mass is 10.00. The molecule has 1 saturated heterocycles. The van der Waals surface area contributed by atoms with Gasteiger partial charge < -0.3 is 4.42 Å². The van der Waals surface area contributed by atoms with Gasteiger partial charge in [0.25, 0.3) is 5.89 Å². The highest BCUT2D eigenvalue weighted by Crippen LogP contribution is 2.32. The summed E-state index contributed by atoms with van der Waals surface area (Å²) in [6, 6.07) is 8.99. The van der Waals surface area contributed by atoms with E-state index >= 15 is 0 Å². The molecule has 1 aliphatic heterocycles. The van der Waals surface area contributed by atoms with Crippen LogP contribution in [-0.2, 0) is 10.0 Å². The average Bonchev–Trinajstić information content (AvgIpc) is 3.31. The zero-order chi connectivity index (χ0) is 19.0. The standard InChI is InChI=1S/C18H18FN3O3S2/c1-12-7-8-16(26-12)18-21-20-17(25-18)13-4-3-9-22(11-13)27(23,24)15-6-2-5-14(19)10-15/h2,5-8,10,13H,3-4,9,11H2,1H3/t13-/m1/s1. The molecule has 0 unspecified atom stereocenters. The van der Waals surface area contributed by atoms with Crippen LogP contribution < -0.4 is 0 Å². The average molecular weight is 407 g/mol. The molecule has 1 aliphatic rings. The van der Waals surface area contributed by atoms with E-state index < -0.39 is 15.8 Å². The maximum atomic E-state index is 13.5. The predicted octanol–water partition coefficient (Wildman–Crippen LogP) is 3.81. The third-order valence-electron chi connectivity index (χ3n) is 4.56. The van der Waals surface area contributed by atoms with Crippen molar-refractivity contribution in [2.75, 3.05) is 13.1 Å². The number of halogens is 1. The summed E-state index contributed by atoms with van der Waals surface area (Å²) in [6.07, 6.45) is 1.44. The number of aromatic nitrogens is 2. The second-order valence-electron chi connectivity index (χ2n) is 6.52. The van der Waals surface area contributed by atoms with Gasteiger partial charge in [-0.1, -0.05) is 6.07 Å². The topological polar surface area (TPSA) is 76.3 Å². The molecule has 1 fully saturated rings. The van der Waals surface area contributed by atoms with Crippen LogP contribution in [0.3, 0.4) is 0 Å². The number of thiophene rings is 1. The largest absolute Gasteiger partial charge is 0.420 e. The highest BCUT2D eigenvalue weighted by molar-refractivity contribution is 7.89. The number of nitrogens with zero attached hydrogens (tertiary/aromatic N) is 3. The van der Waals surface area contributed by atoms with E-state index in [2.05, 4.69) is 10.2 Å². The van der Waals surface area contributed by atoms with Crippen LogP contribution in [0.4, 0.5) is 4.39 Å². The molecule has 0 aliphatic carbocycles. The molecule has 0 N–H and O–H groups in total. The molecule has 1 atom stereocenters. The SMILES string of the molecule is Cc1ccc(-c2nnc([C@@H]3CCCN(S(=O)(=O)c4cccc(F)c4)C3)o2)s1. The number of rotatable bonds is 4. The van der Waals surface area contributed by atoms with Crippen molar-refractivity contribution in [1.29, 1.82) is 0 Å². The highest BCUT2D eigenvalue weighted by atomic mass is 32.2. The van der Waals surface area contributed by atoms with E-state index in [1.807, 2.05) is 19.1 Å². The predicted molar refractivity (Wildman–Crippen MR) is 99.5 cm³/mol. The minimum absolute atomic E-state index is 0.0385. The van der Waals surface area contributed by atoms with Crippen LogP contribution in [0.1, 0.15) is 29.5 Å². The first-order valence-electron chi connectivity index (χ1n) is 8.59. The fraction of sp³-hybridized carbons (Fsp3) is 0.333. The van der Waals surface area contributed by atoms with Crippen LogP contribution >= 0.6 is 11.3 Å². The summed E-state index contributed by atoms with van der Waals surface area (Å²) in [4.78, 5) is 2.00. The van der Waals surface area contributed by atoms with Gasteiger partial charge in [0.15, 0.2) is 0 Å². The van der Waals surface area contributed by atoms with E-state index in [0.29, 0.717) is 24.7 Å². The van der Waals surface area contributed by atoms with Gasteiger partial charge >= 0.3 is 0 Å². The zero-order valence-electron chi connectivity index (χ0n) is 14.6. The van der Waals surface area contributed by atoms with E-state index in [-0.39, 0.29) is 17.4 Å². The van der Waals surface area contributed by atoms with E-state index in [4.69, 9.17) is 4.42 Å². The molecular formula is C18H18FN3O3S2. The van der Waals surface area contributed by atoms with Crippen molar-refractivity contribution in [2.45, 2.75) is 30.6 Å². The van der Waals surface area contributed by atoms with Crippen molar-refractivity contribution in [3.63, 3.8) is 0 Å². The van der Waals surface area contributed by atoms with E-state index in [0.717, 1.165) is 22.2 Å². The first kappa shape index (κ1) is 18.3. The summed E-state index contributed by atoms with van der Waals surface area (Å²) >= 11 is 1.57. The van der Waals surface area contributed by atoms with Gasteiger partial charge in [-0.3, -0.25) is 0 Å². The second kappa shape index (κ2) is 7.14. The molecule has 6 nitrogen and oxygen atoms in total. The maximum absolute atomic E-state index is 13.5. The molecule has 9 heteroatoms. The van der Waals surface area contributed by atoms with Gasteiger partial charge in [0.1, 0.15) is 5.82 Å². The Morgan fingerprint density at radius 2 is 2.11 bits per heavy atom. The second-order valence-corrected chi connectivity index (χ2v) is 9.74. The normalized spacial score (nSPS) is 18.7. The lowest BCUT2D eigenvalue weighted by Crippen LogP contribution is -2.39. The molecule has 0 saturated carbocycles. The Morgan fingerprint density at radius 3 is 2.85 bits per heavy atom. The van der Waals surface area contributed by atoms with Gasteiger partial charge in [-0.15, -0.1) is 21.5 Å². The molecule has 0 spiro atoms. The summed E-state index contributed by atoms with van der Waals surface area (Å²) in [5.74, 6) is 0.144. The summed E-state index contributed by atoms with van der Waals surface area (Å²) in [5, 5.41) is 8.25. The molecule has 0 amide bonds. The Hall–Kier alpha value is -2.10. The minimum atomic E-state index is -3.76. The van der Waals surface area contributed by atoms with E-state index in [9.17, 15) is 12.8 Å². The molecule has 1 aromatic carbocycles. The van der Waals surface area contributed by atoms with Crippen molar-refractivity contribution in [3.8, 4) is 10.8 Å². The summed E-state index contributed by atoms with van der Waals surface area (Å²) in [5.41, 5.74) is 0. The fourth-order valence-corrected chi connectivity index (χ4v) is 5.53. The van der Waals surface area contributed by atoms with Crippen LogP contribution in [0.5, 0.6) is 0 Å². The Morgan fingerprint density at radius 1 is 1.26 bits per heavy atom. The van der Waals surface area contributed by atoms with Crippen molar-refractivity contribution in [1.82, 2.24) is 14.5 Å². The van der Waals surface area contributed by atoms with Crippen molar-refractivity contribution in [2.24, 2.45) is 0 Å². The number of hydrogen-bond donors (Lipinski definition) is 0. The third kappa shape index (κ3) is 3.67. The van der Waals surface area contributed by atoms with Crippen LogP contribution in [0, 0.1) is 12.7 Å². The van der Waals surface area contributed by atoms with Crippen LogP contribution in [-0.4, -0.2) is 36.0 Å². The quantitative estimate of drug-likeness (QED) is 0.657. The summed E-state index contributed by atoms with van der Waals surface area (Å²) in [6.45, 7) is 2.63. The number of hydrogen-bond acceptors (Lipinski definition) is 6. The van der Waals surface area contributed by atoms with Gasteiger partial charge in [-0.2, -0.15) is 4.31 Å². The highest BCUT2D eigenvalue weighted by Gasteiger charge is 2.33. The lowest BCUT2D eigenvalue weighted by molar-refractivity contribution is 0.286. The smallest absolute Gasteiger partial charge is 0.257 e. The number of aryl methyl sites for hydroxylation is 1. The molecule has 27 heavy (non-hydrogen) atoms. The first-order chi connectivity index (χ1) is 12.9. The van der Waals surface area contributed by atoms with E-state index in [1.165, 1.54) is 22.5 Å². The van der Waals surface area contributed by atoms with Crippen molar-refractivity contribution < 1.29 is 17.2 Å². The van der Waals surface area contributed by atoms with Gasteiger partial charge in [-0.05, 0) is 50.1 Å². The number of benzene rings is 1. The molecule has 0 bridgehead atoms. The van der Waals surface area contributed by atoms with Gasteiger partial charge in [0, 0.05) is 18.0 Å². The Labute approximate surface area is 160 Å². The Balaban J connectivity index is 1.56. The van der Waals surface area contributed by atoms with Crippen LogP contribution in [0.2, 0.25) is 0 Å². The van der Waals surface area contributed by atoms with Crippen LogP contribution in [0.15, 0.2) is 45.7 Å². The zero-order valence-corrected chi connectivity index (χ0v) is 16.3. The fourth-order valence-electron chi connectivity index (χ4n) is 3.19. The molecule has 4 rings (SSSR count). The lowest BCUT2D eigenvalue weighted by Gasteiger charge is -2.30. The molecule has 3 heterocycles. The summed E-state index contributed by atoms with van der Waals surface area (Å²) in [7, 11) is -3.76. The number of piperidine rings is 1. The van der Waals surface area contributed by atoms with Gasteiger partial charge in [-0.25, -0.2) is 12.8 Å². The van der Waals surface area contributed by atoms with Crippen molar-refractivity contribution in [3.05, 3.63) is 53.0 Å². The molecule has 0 radical (unpaired) electrons. The molecule has 2 aromatic heterocycles. The molecular weight excluding hydrogens is 389 g/mol. The third-order valence-corrected chi connectivity index (χ3v) is 7.41. The Kier molecular flexibility index (Phi) is 4.83. The van der Waals surface area contributed by atoms with Gasteiger partial charge in [0.05, 0.1) is 15.7 Å². The monoisotopic (exact) mass is 407 g/mol. The maximum Gasteiger partial charge on any atom is 0.257 e. The molecule has 142 valence electrons. The van der Waals surface area contributed by atoms with Crippen molar-refractivity contribution >= 4 is 21.4 Å². The molecule has 3 aromatic rings. The minimum Gasteiger partial charge on any atom is -0.420 e. The first-order valence-corrected chi connectivity index (χ1v) is 10.8. The van der Waals surface area contributed by atoms with Gasteiger partial charge in [0.2, 0.25) is 15.9 Å².